The maximum atomic E-state index is 14.3. The molecule has 1 aliphatic rings. The van der Waals surface area contributed by atoms with Gasteiger partial charge >= 0.3 is 0 Å². The number of hydrogen-bond acceptors (Lipinski definition) is 2. The predicted molar refractivity (Wildman–Crippen MR) is 141 cm³/mol. The summed E-state index contributed by atoms with van der Waals surface area (Å²) in [5.74, 6) is -0.893. The molecule has 5 rings (SSSR count). The van der Waals surface area contributed by atoms with E-state index < -0.39 is 11.9 Å². The molecule has 0 fully saturated rings. The monoisotopic (exact) mass is 478 g/mol. The van der Waals surface area contributed by atoms with Crippen LogP contribution >= 0.6 is 0 Å². The van der Waals surface area contributed by atoms with Crippen molar-refractivity contribution in [2.75, 3.05) is 9.80 Å². The molecule has 0 radical (unpaired) electrons. The van der Waals surface area contributed by atoms with Crippen LogP contribution in [0.25, 0.3) is 0 Å². The molecular formula is C31H27FN2O2. The van der Waals surface area contributed by atoms with Gasteiger partial charge in [-0.3, -0.25) is 19.4 Å². The normalized spacial score (nSPS) is 15.1. The molecule has 1 unspecified atom stereocenters. The highest BCUT2D eigenvalue weighted by molar-refractivity contribution is 6.20. The number of hydrogen-bond donors (Lipinski definition) is 0. The van der Waals surface area contributed by atoms with E-state index in [1.807, 2.05) is 86.6 Å². The molecule has 4 aromatic rings. The fraction of sp³-hybridized carbons (Fsp3) is 0.161. The highest BCUT2D eigenvalue weighted by atomic mass is 19.1. The third-order valence-corrected chi connectivity index (χ3v) is 6.72. The Morgan fingerprint density at radius 2 is 1.39 bits per heavy atom. The second kappa shape index (κ2) is 9.78. The van der Waals surface area contributed by atoms with E-state index in [0.29, 0.717) is 29.8 Å². The van der Waals surface area contributed by atoms with Crippen molar-refractivity contribution >= 4 is 28.9 Å². The van der Waals surface area contributed by atoms with Crippen molar-refractivity contribution in [3.8, 4) is 0 Å². The molecule has 0 aromatic heterocycles. The summed E-state index contributed by atoms with van der Waals surface area (Å²) in [5.41, 5.74) is 5.56. The van der Waals surface area contributed by atoms with Crippen LogP contribution in [-0.2, 0) is 11.2 Å². The van der Waals surface area contributed by atoms with Crippen molar-refractivity contribution in [1.29, 1.82) is 0 Å². The van der Waals surface area contributed by atoms with Crippen LogP contribution in [0.2, 0.25) is 0 Å². The Morgan fingerprint density at radius 3 is 2.06 bits per heavy atom. The molecule has 2 amide bonds. The summed E-state index contributed by atoms with van der Waals surface area (Å²) in [4.78, 5) is 31.5. The third-order valence-electron chi connectivity index (χ3n) is 6.72. The zero-order valence-electron chi connectivity index (χ0n) is 20.3. The molecule has 0 bridgehead atoms. The standard InChI is InChI=1S/C31H27FN2O2/c1-21-9-8-10-22(2)29(21)34-27-14-7-6-13-26(27)33(30(35)24-16-18-25(32)19-17-24)28(31(34)36)20-15-23-11-4-3-5-12-23/h3-14,16-19,28H,15,20H2,1-2H3. The van der Waals surface area contributed by atoms with Crippen molar-refractivity contribution in [3.05, 3.63) is 125 Å². The van der Waals surface area contributed by atoms with Crippen LogP contribution in [0.4, 0.5) is 21.5 Å². The molecule has 0 spiro atoms. The molecule has 4 nitrogen and oxygen atoms in total. The molecule has 0 saturated heterocycles. The number of benzene rings is 4. The number of halogens is 1. The number of carbonyl (C=O) groups is 2. The summed E-state index contributed by atoms with van der Waals surface area (Å²) in [7, 11) is 0. The SMILES string of the molecule is Cc1cccc(C)c1N1C(=O)C(CCc2ccccc2)N(C(=O)c2ccc(F)cc2)c2ccccc21. The maximum absolute atomic E-state index is 14.3. The lowest BCUT2D eigenvalue weighted by atomic mass is 9.96. The largest absolute Gasteiger partial charge is 0.294 e. The molecule has 36 heavy (non-hydrogen) atoms. The Kier molecular flexibility index (Phi) is 6.38. The summed E-state index contributed by atoms with van der Waals surface area (Å²) in [6.45, 7) is 3.99. The zero-order valence-corrected chi connectivity index (χ0v) is 20.3. The highest BCUT2D eigenvalue weighted by Crippen LogP contribution is 2.44. The van der Waals surface area contributed by atoms with Crippen LogP contribution in [0.1, 0.15) is 33.5 Å². The van der Waals surface area contributed by atoms with Gasteiger partial charge in [0.2, 0.25) is 0 Å². The second-order valence-corrected chi connectivity index (χ2v) is 9.12. The molecule has 1 heterocycles. The van der Waals surface area contributed by atoms with E-state index >= 15 is 0 Å². The Morgan fingerprint density at radius 1 is 0.778 bits per heavy atom. The number of rotatable bonds is 5. The fourth-order valence-corrected chi connectivity index (χ4v) is 4.98. The molecule has 0 N–H and O–H groups in total. The minimum absolute atomic E-state index is 0.155. The molecule has 5 heteroatoms. The van der Waals surface area contributed by atoms with Gasteiger partial charge in [0.25, 0.3) is 11.8 Å². The zero-order chi connectivity index (χ0) is 25.2. The van der Waals surface area contributed by atoms with Gasteiger partial charge in [0.1, 0.15) is 11.9 Å². The molecular weight excluding hydrogens is 451 g/mol. The number of para-hydroxylation sites is 3. The van der Waals surface area contributed by atoms with E-state index in [9.17, 15) is 14.0 Å². The van der Waals surface area contributed by atoms with Crippen molar-refractivity contribution in [1.82, 2.24) is 0 Å². The van der Waals surface area contributed by atoms with Crippen molar-refractivity contribution < 1.29 is 14.0 Å². The third kappa shape index (κ3) is 4.29. The van der Waals surface area contributed by atoms with Crippen LogP contribution in [0.3, 0.4) is 0 Å². The van der Waals surface area contributed by atoms with Crippen LogP contribution in [-0.4, -0.2) is 17.9 Å². The predicted octanol–water partition coefficient (Wildman–Crippen LogP) is 6.77. The van der Waals surface area contributed by atoms with Crippen molar-refractivity contribution in [3.63, 3.8) is 0 Å². The minimum Gasteiger partial charge on any atom is -0.294 e. The van der Waals surface area contributed by atoms with Gasteiger partial charge in [0.05, 0.1) is 17.1 Å². The number of carbonyl (C=O) groups excluding carboxylic acids is 2. The van der Waals surface area contributed by atoms with Crippen LogP contribution in [0, 0.1) is 19.7 Å². The van der Waals surface area contributed by atoms with Gasteiger partial charge in [-0.1, -0.05) is 60.7 Å². The first-order valence-electron chi connectivity index (χ1n) is 12.1. The number of anilines is 3. The first-order chi connectivity index (χ1) is 17.5. The topological polar surface area (TPSA) is 40.6 Å². The number of amides is 2. The Balaban J connectivity index is 1.65. The fourth-order valence-electron chi connectivity index (χ4n) is 4.98. The average Bonchev–Trinajstić information content (AvgIpc) is 2.89. The van der Waals surface area contributed by atoms with Gasteiger partial charge in [-0.2, -0.15) is 0 Å². The van der Waals surface area contributed by atoms with E-state index in [2.05, 4.69) is 0 Å². The smallest absolute Gasteiger partial charge is 0.259 e. The molecule has 0 aliphatic carbocycles. The molecule has 1 atom stereocenters. The molecule has 1 aliphatic heterocycles. The lowest BCUT2D eigenvalue weighted by Crippen LogP contribution is -2.54. The average molecular weight is 479 g/mol. The number of fused-ring (bicyclic) bond motifs is 1. The molecule has 180 valence electrons. The van der Waals surface area contributed by atoms with Crippen molar-refractivity contribution in [2.45, 2.75) is 32.7 Å². The Hall–Kier alpha value is -4.25. The van der Waals surface area contributed by atoms with Gasteiger partial charge in [-0.25, -0.2) is 4.39 Å². The summed E-state index contributed by atoms with van der Waals surface area (Å²) in [5, 5.41) is 0. The highest BCUT2D eigenvalue weighted by Gasteiger charge is 2.42. The quantitative estimate of drug-likeness (QED) is 0.318. The number of nitrogens with zero attached hydrogens (tertiary/aromatic N) is 2. The summed E-state index contributed by atoms with van der Waals surface area (Å²) < 4.78 is 13.6. The van der Waals surface area contributed by atoms with Gasteiger partial charge in [0, 0.05) is 5.56 Å². The first kappa shape index (κ1) is 23.5. The van der Waals surface area contributed by atoms with Gasteiger partial charge in [-0.15, -0.1) is 0 Å². The molecule has 0 saturated carbocycles. The Labute approximate surface area is 210 Å². The van der Waals surface area contributed by atoms with Gasteiger partial charge < -0.3 is 0 Å². The lowest BCUT2D eigenvalue weighted by molar-refractivity contribution is -0.119. The molecule has 4 aromatic carbocycles. The van der Waals surface area contributed by atoms with E-state index in [-0.39, 0.29) is 11.8 Å². The second-order valence-electron chi connectivity index (χ2n) is 9.12. The maximum Gasteiger partial charge on any atom is 0.259 e. The van der Waals surface area contributed by atoms with Gasteiger partial charge in [-0.05, 0) is 79.8 Å². The summed E-state index contributed by atoms with van der Waals surface area (Å²) in [6, 6.07) is 28.2. The van der Waals surface area contributed by atoms with Crippen LogP contribution < -0.4 is 9.80 Å². The van der Waals surface area contributed by atoms with E-state index in [0.717, 1.165) is 22.4 Å². The van der Waals surface area contributed by atoms with Crippen molar-refractivity contribution in [2.24, 2.45) is 0 Å². The lowest BCUT2D eigenvalue weighted by Gasteiger charge is -2.42. The summed E-state index contributed by atoms with van der Waals surface area (Å²) >= 11 is 0. The van der Waals surface area contributed by atoms with E-state index in [1.165, 1.54) is 24.3 Å². The summed E-state index contributed by atoms with van der Waals surface area (Å²) in [6.07, 6.45) is 1.08. The van der Waals surface area contributed by atoms with E-state index in [1.54, 1.807) is 9.80 Å². The van der Waals surface area contributed by atoms with E-state index in [4.69, 9.17) is 0 Å². The van der Waals surface area contributed by atoms with Crippen LogP contribution in [0.15, 0.2) is 97.1 Å². The first-order valence-corrected chi connectivity index (χ1v) is 12.1. The van der Waals surface area contributed by atoms with Crippen LogP contribution in [0.5, 0.6) is 0 Å². The van der Waals surface area contributed by atoms with Gasteiger partial charge in [0.15, 0.2) is 0 Å². The Bertz CT molecular complexity index is 1400. The minimum atomic E-state index is -0.725. The number of aryl methyl sites for hydroxylation is 3.